The number of rotatable bonds is 5. The normalized spacial score (nSPS) is 16.1. The summed E-state index contributed by atoms with van der Waals surface area (Å²) in [6, 6.07) is 1.87. The smallest absolute Gasteiger partial charge is 0.268 e. The Balaban J connectivity index is 1.81. The standard InChI is InChI=1S/C16H26N4O2/c1-12(2)4-5-15(21)18-13-6-8-20(9-7-13)14-10-16(22)19(3)17-11-14/h10-13H,4-9H2,1-3H3,(H,18,21). The van der Waals surface area contributed by atoms with Crippen molar-refractivity contribution in [3.63, 3.8) is 0 Å². The van der Waals surface area contributed by atoms with E-state index in [0.717, 1.165) is 38.0 Å². The van der Waals surface area contributed by atoms with Gasteiger partial charge in [0, 0.05) is 38.7 Å². The maximum Gasteiger partial charge on any atom is 0.268 e. The lowest BCUT2D eigenvalue weighted by molar-refractivity contribution is -0.122. The zero-order valence-electron chi connectivity index (χ0n) is 13.7. The van der Waals surface area contributed by atoms with Crippen LogP contribution in [0.4, 0.5) is 5.69 Å². The van der Waals surface area contributed by atoms with Gasteiger partial charge in [0.2, 0.25) is 5.91 Å². The molecule has 1 saturated heterocycles. The quantitative estimate of drug-likeness (QED) is 0.890. The van der Waals surface area contributed by atoms with E-state index in [1.807, 2.05) is 0 Å². The molecule has 0 aliphatic carbocycles. The molecule has 1 amide bonds. The summed E-state index contributed by atoms with van der Waals surface area (Å²) in [4.78, 5) is 25.7. The van der Waals surface area contributed by atoms with Crippen molar-refractivity contribution in [2.45, 2.75) is 45.6 Å². The van der Waals surface area contributed by atoms with Gasteiger partial charge >= 0.3 is 0 Å². The monoisotopic (exact) mass is 306 g/mol. The van der Waals surface area contributed by atoms with E-state index >= 15 is 0 Å². The second-order valence-corrected chi connectivity index (χ2v) is 6.44. The van der Waals surface area contributed by atoms with Gasteiger partial charge in [-0.15, -0.1) is 0 Å². The number of nitrogens with one attached hydrogen (secondary N) is 1. The summed E-state index contributed by atoms with van der Waals surface area (Å²) >= 11 is 0. The highest BCUT2D eigenvalue weighted by Gasteiger charge is 2.21. The van der Waals surface area contributed by atoms with Gasteiger partial charge in [0.1, 0.15) is 0 Å². The van der Waals surface area contributed by atoms with Gasteiger partial charge in [-0.1, -0.05) is 13.8 Å². The van der Waals surface area contributed by atoms with Gasteiger partial charge in [0.15, 0.2) is 0 Å². The van der Waals surface area contributed by atoms with Crippen LogP contribution in [0.3, 0.4) is 0 Å². The first-order valence-corrected chi connectivity index (χ1v) is 8.03. The fourth-order valence-corrected chi connectivity index (χ4v) is 2.63. The lowest BCUT2D eigenvalue weighted by Gasteiger charge is -2.33. The molecule has 122 valence electrons. The summed E-state index contributed by atoms with van der Waals surface area (Å²) in [6.45, 7) is 5.93. The molecule has 2 heterocycles. The molecule has 22 heavy (non-hydrogen) atoms. The maximum atomic E-state index is 11.9. The zero-order chi connectivity index (χ0) is 16.1. The first kappa shape index (κ1) is 16.5. The van der Waals surface area contributed by atoms with E-state index in [9.17, 15) is 9.59 Å². The summed E-state index contributed by atoms with van der Waals surface area (Å²) in [5, 5.41) is 7.17. The second kappa shape index (κ2) is 7.42. The lowest BCUT2D eigenvalue weighted by atomic mass is 10.0. The number of nitrogens with zero attached hydrogens (tertiary/aromatic N) is 3. The lowest BCUT2D eigenvalue weighted by Crippen LogP contribution is -2.45. The van der Waals surface area contributed by atoms with Gasteiger partial charge in [-0.2, -0.15) is 5.10 Å². The summed E-state index contributed by atoms with van der Waals surface area (Å²) in [5.41, 5.74) is 0.772. The molecule has 1 aliphatic heterocycles. The van der Waals surface area contributed by atoms with E-state index in [4.69, 9.17) is 0 Å². The Hall–Kier alpha value is -1.85. The molecule has 1 fully saturated rings. The summed E-state index contributed by atoms with van der Waals surface area (Å²) in [6.07, 6.45) is 5.08. The molecule has 6 nitrogen and oxygen atoms in total. The molecule has 0 aromatic carbocycles. The fourth-order valence-electron chi connectivity index (χ4n) is 2.63. The Morgan fingerprint density at radius 3 is 2.68 bits per heavy atom. The van der Waals surface area contributed by atoms with E-state index in [1.165, 1.54) is 4.68 Å². The SMILES string of the molecule is CC(C)CCC(=O)NC1CCN(c2cnn(C)c(=O)c2)CC1. The third kappa shape index (κ3) is 4.58. The highest BCUT2D eigenvalue weighted by Crippen LogP contribution is 2.17. The van der Waals surface area contributed by atoms with Crippen molar-refractivity contribution < 1.29 is 4.79 Å². The number of anilines is 1. The van der Waals surface area contributed by atoms with Crippen LogP contribution in [-0.4, -0.2) is 34.8 Å². The third-order valence-electron chi connectivity index (χ3n) is 4.13. The van der Waals surface area contributed by atoms with Gasteiger partial charge in [0.05, 0.1) is 11.9 Å². The number of hydrogen-bond donors (Lipinski definition) is 1. The summed E-state index contributed by atoms with van der Waals surface area (Å²) < 4.78 is 1.32. The molecule has 0 spiro atoms. The van der Waals surface area contributed by atoms with Gasteiger partial charge < -0.3 is 10.2 Å². The van der Waals surface area contributed by atoms with Crippen molar-refractivity contribution in [2.24, 2.45) is 13.0 Å². The van der Waals surface area contributed by atoms with Crippen LogP contribution in [0, 0.1) is 5.92 Å². The van der Waals surface area contributed by atoms with Crippen LogP contribution in [0.15, 0.2) is 17.1 Å². The molecule has 0 unspecified atom stereocenters. The van der Waals surface area contributed by atoms with Crippen molar-refractivity contribution >= 4 is 11.6 Å². The molecule has 0 saturated carbocycles. The molecule has 1 aromatic rings. The fraction of sp³-hybridized carbons (Fsp3) is 0.688. The van der Waals surface area contributed by atoms with Crippen molar-refractivity contribution in [2.75, 3.05) is 18.0 Å². The Kier molecular flexibility index (Phi) is 5.57. The predicted octanol–water partition coefficient (Wildman–Crippen LogP) is 1.30. The zero-order valence-corrected chi connectivity index (χ0v) is 13.7. The van der Waals surface area contributed by atoms with Crippen molar-refractivity contribution in [3.8, 4) is 0 Å². The van der Waals surface area contributed by atoms with Crippen molar-refractivity contribution in [1.29, 1.82) is 0 Å². The molecule has 2 rings (SSSR count). The van der Waals surface area contributed by atoms with Crippen LogP contribution < -0.4 is 15.8 Å². The van der Waals surface area contributed by atoms with Crippen molar-refractivity contribution in [1.82, 2.24) is 15.1 Å². The molecule has 0 radical (unpaired) electrons. The van der Waals surface area contributed by atoms with Crippen LogP contribution in [-0.2, 0) is 11.8 Å². The van der Waals surface area contributed by atoms with Gasteiger partial charge in [-0.25, -0.2) is 4.68 Å². The topological polar surface area (TPSA) is 67.2 Å². The number of carbonyl (C=O) groups is 1. The first-order chi connectivity index (χ1) is 10.5. The van der Waals surface area contributed by atoms with E-state index < -0.39 is 0 Å². The van der Waals surface area contributed by atoms with Crippen LogP contribution in [0.2, 0.25) is 0 Å². The second-order valence-electron chi connectivity index (χ2n) is 6.44. The average molecular weight is 306 g/mol. The highest BCUT2D eigenvalue weighted by atomic mass is 16.1. The Labute approximate surface area is 131 Å². The van der Waals surface area contributed by atoms with Crippen LogP contribution in [0.1, 0.15) is 39.5 Å². The molecule has 0 bridgehead atoms. The molecular weight excluding hydrogens is 280 g/mol. The van der Waals surface area contributed by atoms with Gasteiger partial charge in [0.25, 0.3) is 5.56 Å². The molecule has 1 aliphatic rings. The summed E-state index contributed by atoms with van der Waals surface area (Å²) in [5.74, 6) is 0.711. The molecule has 6 heteroatoms. The number of amides is 1. The van der Waals surface area contributed by atoms with Crippen molar-refractivity contribution in [3.05, 3.63) is 22.6 Å². The third-order valence-corrected chi connectivity index (χ3v) is 4.13. The molecule has 1 aromatic heterocycles. The van der Waals surface area contributed by atoms with Gasteiger partial charge in [-0.3, -0.25) is 9.59 Å². The minimum absolute atomic E-state index is 0.0957. The highest BCUT2D eigenvalue weighted by molar-refractivity contribution is 5.76. The predicted molar refractivity (Wildman–Crippen MR) is 86.9 cm³/mol. The van der Waals surface area contributed by atoms with Crippen LogP contribution in [0.25, 0.3) is 0 Å². The Bertz CT molecular complexity index is 560. The van der Waals surface area contributed by atoms with E-state index in [0.29, 0.717) is 12.3 Å². The van der Waals surface area contributed by atoms with Crippen LogP contribution in [0.5, 0.6) is 0 Å². The van der Waals surface area contributed by atoms with E-state index in [-0.39, 0.29) is 17.5 Å². The maximum absolute atomic E-state index is 11.9. The minimum Gasteiger partial charge on any atom is -0.370 e. The minimum atomic E-state index is -0.0957. The van der Waals surface area contributed by atoms with Crippen LogP contribution >= 0.6 is 0 Å². The first-order valence-electron chi connectivity index (χ1n) is 8.03. The molecular formula is C16H26N4O2. The number of hydrogen-bond acceptors (Lipinski definition) is 4. The Morgan fingerprint density at radius 1 is 1.41 bits per heavy atom. The molecule has 0 atom stereocenters. The average Bonchev–Trinajstić information content (AvgIpc) is 2.49. The summed E-state index contributed by atoms with van der Waals surface area (Å²) in [7, 11) is 1.64. The Morgan fingerprint density at radius 2 is 2.09 bits per heavy atom. The number of aromatic nitrogens is 2. The van der Waals surface area contributed by atoms with E-state index in [2.05, 4.69) is 29.2 Å². The largest absolute Gasteiger partial charge is 0.370 e. The van der Waals surface area contributed by atoms with E-state index in [1.54, 1.807) is 19.3 Å². The number of aryl methyl sites for hydroxylation is 1. The molecule has 1 N–H and O–H groups in total. The van der Waals surface area contributed by atoms with Gasteiger partial charge in [-0.05, 0) is 25.2 Å². The number of piperidine rings is 1. The number of carbonyl (C=O) groups excluding carboxylic acids is 1.